The molecule has 116 valence electrons. The number of amides is 1. The summed E-state index contributed by atoms with van der Waals surface area (Å²) >= 11 is 0. The minimum atomic E-state index is -0.596. The van der Waals surface area contributed by atoms with E-state index in [9.17, 15) is 25.0 Å². The average molecular weight is 314 g/mol. The number of nitro benzene ring substituents is 1. The monoisotopic (exact) mass is 314 g/mol. The number of nitrogens with one attached hydrogen (secondary N) is 1. The van der Waals surface area contributed by atoms with Crippen LogP contribution in [-0.4, -0.2) is 20.7 Å². The minimum Gasteiger partial charge on any atom is -0.307 e. The van der Waals surface area contributed by atoms with Gasteiger partial charge in [0.1, 0.15) is 12.0 Å². The molecule has 9 nitrogen and oxygen atoms in total. The zero-order valence-corrected chi connectivity index (χ0v) is 11.6. The second kappa shape index (κ2) is 6.89. The molecule has 0 saturated heterocycles. The Balaban J connectivity index is 2.02. The van der Waals surface area contributed by atoms with E-state index in [0.717, 1.165) is 6.20 Å². The summed E-state index contributed by atoms with van der Waals surface area (Å²) in [4.78, 5) is 35.5. The summed E-state index contributed by atoms with van der Waals surface area (Å²) in [6.07, 6.45) is 3.62. The number of carbonyl (C=O) groups excluding carboxylic acids is 1. The van der Waals surface area contributed by atoms with Crippen molar-refractivity contribution in [3.05, 3.63) is 74.5 Å². The summed E-state index contributed by atoms with van der Waals surface area (Å²) in [5.74, 6) is -0.359. The number of anilines is 1. The van der Waals surface area contributed by atoms with Crippen LogP contribution in [0.2, 0.25) is 0 Å². The first-order valence-electron chi connectivity index (χ1n) is 6.29. The van der Waals surface area contributed by atoms with E-state index in [1.807, 2.05) is 0 Å². The second-order valence-electron chi connectivity index (χ2n) is 4.33. The number of non-ortho nitro benzene ring substituents is 1. The summed E-state index contributed by atoms with van der Waals surface area (Å²) in [6.45, 7) is 0. The quantitative estimate of drug-likeness (QED) is 0.513. The molecule has 0 spiro atoms. The molecule has 2 aromatic rings. The van der Waals surface area contributed by atoms with Crippen molar-refractivity contribution in [2.75, 3.05) is 5.32 Å². The molecule has 1 aromatic heterocycles. The van der Waals surface area contributed by atoms with E-state index >= 15 is 0 Å². The fraction of sp³-hybridized carbons (Fsp3) is 0. The average Bonchev–Trinajstić information content (AvgIpc) is 2.53. The van der Waals surface area contributed by atoms with Gasteiger partial charge in [0.2, 0.25) is 5.91 Å². The number of hydrogen-bond acceptors (Lipinski definition) is 6. The molecule has 1 heterocycles. The number of carbonyl (C=O) groups is 1. The topological polar surface area (TPSA) is 128 Å². The van der Waals surface area contributed by atoms with Gasteiger partial charge in [0.15, 0.2) is 0 Å². The number of benzene rings is 1. The second-order valence-corrected chi connectivity index (χ2v) is 4.33. The van der Waals surface area contributed by atoms with Gasteiger partial charge in [0.25, 0.3) is 11.4 Å². The number of aromatic nitrogens is 1. The van der Waals surface area contributed by atoms with Crippen molar-refractivity contribution in [2.45, 2.75) is 0 Å². The Hall–Kier alpha value is -3.62. The Morgan fingerprint density at radius 3 is 2.43 bits per heavy atom. The van der Waals surface area contributed by atoms with Gasteiger partial charge in [-0.25, -0.2) is 4.98 Å². The highest BCUT2D eigenvalue weighted by molar-refractivity contribution is 6.01. The van der Waals surface area contributed by atoms with Crippen molar-refractivity contribution in [3.63, 3.8) is 0 Å². The number of nitro groups is 2. The summed E-state index contributed by atoms with van der Waals surface area (Å²) in [6, 6.07) is 8.31. The molecule has 1 amide bonds. The number of pyridine rings is 1. The van der Waals surface area contributed by atoms with Crippen LogP contribution in [0.1, 0.15) is 5.56 Å². The lowest BCUT2D eigenvalue weighted by Gasteiger charge is -2.00. The van der Waals surface area contributed by atoms with E-state index in [2.05, 4.69) is 10.3 Å². The Labute approximate surface area is 129 Å². The van der Waals surface area contributed by atoms with Gasteiger partial charge in [-0.2, -0.15) is 0 Å². The molecule has 0 atom stereocenters. The molecule has 0 aliphatic rings. The first-order chi connectivity index (χ1) is 11.0. The Morgan fingerprint density at radius 2 is 1.83 bits per heavy atom. The largest absolute Gasteiger partial charge is 0.307 e. The normalized spacial score (nSPS) is 10.4. The maximum atomic E-state index is 11.7. The molecule has 23 heavy (non-hydrogen) atoms. The van der Waals surface area contributed by atoms with Crippen molar-refractivity contribution >= 4 is 29.2 Å². The maximum Gasteiger partial charge on any atom is 0.287 e. The molecule has 1 N–H and O–H groups in total. The van der Waals surface area contributed by atoms with Crippen LogP contribution in [-0.2, 0) is 4.79 Å². The molecule has 9 heteroatoms. The summed E-state index contributed by atoms with van der Waals surface area (Å²) in [5.41, 5.74) is 0.228. The first-order valence-corrected chi connectivity index (χ1v) is 6.29. The Bertz CT molecular complexity index is 786. The van der Waals surface area contributed by atoms with Crippen LogP contribution in [0.4, 0.5) is 17.2 Å². The molecule has 0 aliphatic heterocycles. The van der Waals surface area contributed by atoms with Gasteiger partial charge in [0, 0.05) is 24.3 Å². The lowest BCUT2D eigenvalue weighted by Crippen LogP contribution is -2.09. The smallest absolute Gasteiger partial charge is 0.287 e. The van der Waals surface area contributed by atoms with Crippen molar-refractivity contribution < 1.29 is 14.6 Å². The number of rotatable bonds is 5. The third-order valence-electron chi connectivity index (χ3n) is 2.72. The lowest BCUT2D eigenvalue weighted by molar-refractivity contribution is -0.385. The van der Waals surface area contributed by atoms with E-state index in [1.54, 1.807) is 6.07 Å². The summed E-state index contributed by atoms with van der Waals surface area (Å²) in [5, 5.41) is 23.6. The third-order valence-corrected chi connectivity index (χ3v) is 2.72. The molecule has 2 rings (SSSR count). The van der Waals surface area contributed by atoms with Crippen LogP contribution >= 0.6 is 0 Å². The minimum absolute atomic E-state index is 0.0791. The first kappa shape index (κ1) is 15.8. The van der Waals surface area contributed by atoms with E-state index in [1.165, 1.54) is 42.5 Å². The molecule has 0 unspecified atom stereocenters. The highest BCUT2D eigenvalue weighted by Crippen LogP contribution is 2.14. The number of nitrogens with zero attached hydrogens (tertiary/aromatic N) is 3. The van der Waals surface area contributed by atoms with Crippen molar-refractivity contribution in [1.29, 1.82) is 0 Å². The third kappa shape index (κ3) is 4.43. The van der Waals surface area contributed by atoms with Gasteiger partial charge in [-0.3, -0.25) is 25.0 Å². The highest BCUT2D eigenvalue weighted by Gasteiger charge is 2.07. The Morgan fingerprint density at radius 1 is 1.09 bits per heavy atom. The molecule has 0 aliphatic carbocycles. The van der Waals surface area contributed by atoms with Crippen molar-refractivity contribution in [1.82, 2.24) is 4.98 Å². The molecular formula is C14H10N4O5. The predicted molar refractivity (Wildman–Crippen MR) is 81.7 cm³/mol. The Kier molecular flexibility index (Phi) is 4.72. The molecular weight excluding hydrogens is 304 g/mol. The molecule has 0 bridgehead atoms. The molecule has 1 aromatic carbocycles. The summed E-state index contributed by atoms with van der Waals surface area (Å²) in [7, 11) is 0. The van der Waals surface area contributed by atoms with Crippen LogP contribution < -0.4 is 5.32 Å². The van der Waals surface area contributed by atoms with Gasteiger partial charge < -0.3 is 5.32 Å². The van der Waals surface area contributed by atoms with Crippen LogP contribution in [0.15, 0.2) is 48.7 Å². The molecule has 0 fully saturated rings. The molecule has 0 radical (unpaired) electrons. The van der Waals surface area contributed by atoms with Crippen LogP contribution in [0.3, 0.4) is 0 Å². The van der Waals surface area contributed by atoms with E-state index in [0.29, 0.717) is 5.56 Å². The standard InChI is InChI=1S/C14H10N4O5/c19-14(16-13-6-5-12(9-15-13)18(22)23)7-4-10-2-1-3-11(8-10)17(20)21/h1-9H,(H,15,16,19)/b7-4+. The van der Waals surface area contributed by atoms with Crippen LogP contribution in [0.5, 0.6) is 0 Å². The zero-order valence-electron chi connectivity index (χ0n) is 11.6. The van der Waals surface area contributed by atoms with Crippen molar-refractivity contribution in [2.24, 2.45) is 0 Å². The predicted octanol–water partition coefficient (Wildman–Crippen LogP) is 2.55. The maximum absolute atomic E-state index is 11.7. The summed E-state index contributed by atoms with van der Waals surface area (Å²) < 4.78 is 0. The zero-order chi connectivity index (χ0) is 16.8. The van der Waals surface area contributed by atoms with Crippen molar-refractivity contribution in [3.8, 4) is 0 Å². The van der Waals surface area contributed by atoms with Crippen LogP contribution in [0.25, 0.3) is 6.08 Å². The fourth-order valence-electron chi connectivity index (χ4n) is 1.65. The van der Waals surface area contributed by atoms with Gasteiger partial charge in [0.05, 0.1) is 9.85 Å². The highest BCUT2D eigenvalue weighted by atomic mass is 16.6. The fourth-order valence-corrected chi connectivity index (χ4v) is 1.65. The van der Waals surface area contributed by atoms with Gasteiger partial charge in [-0.15, -0.1) is 0 Å². The number of hydrogen-bond donors (Lipinski definition) is 1. The van der Waals surface area contributed by atoms with Gasteiger partial charge in [-0.05, 0) is 17.7 Å². The van der Waals surface area contributed by atoms with E-state index in [-0.39, 0.29) is 17.2 Å². The van der Waals surface area contributed by atoms with E-state index < -0.39 is 15.8 Å². The molecule has 0 saturated carbocycles. The van der Waals surface area contributed by atoms with E-state index in [4.69, 9.17) is 0 Å². The van der Waals surface area contributed by atoms with Gasteiger partial charge in [-0.1, -0.05) is 12.1 Å². The lowest BCUT2D eigenvalue weighted by atomic mass is 10.2. The van der Waals surface area contributed by atoms with Crippen LogP contribution in [0, 0.1) is 20.2 Å². The van der Waals surface area contributed by atoms with Gasteiger partial charge >= 0.3 is 0 Å². The SMILES string of the molecule is O=C(/C=C/c1cccc([N+](=O)[O-])c1)Nc1ccc([N+](=O)[O-])cn1.